The van der Waals surface area contributed by atoms with Gasteiger partial charge in [-0.25, -0.2) is 8.42 Å². The number of nitrogens with zero attached hydrogens (tertiary/aromatic N) is 3. The lowest BCUT2D eigenvalue weighted by atomic mass is 10.2. The summed E-state index contributed by atoms with van der Waals surface area (Å²) in [6, 6.07) is 10.2. The molecule has 0 aromatic heterocycles. The number of sulfonamides is 1. The van der Waals surface area contributed by atoms with Crippen LogP contribution in [0.3, 0.4) is 0 Å². The van der Waals surface area contributed by atoms with Gasteiger partial charge in [-0.3, -0.25) is 4.79 Å². The third-order valence-electron chi connectivity index (χ3n) is 5.23. The molecule has 1 unspecified atom stereocenters. The van der Waals surface area contributed by atoms with Gasteiger partial charge in [-0.05, 0) is 25.0 Å². The molecule has 0 aliphatic carbocycles. The van der Waals surface area contributed by atoms with Crippen molar-refractivity contribution < 1.29 is 17.9 Å². The van der Waals surface area contributed by atoms with Crippen LogP contribution in [0.5, 0.6) is 0 Å². The number of hydrogen-bond acceptors (Lipinski definition) is 5. The predicted molar refractivity (Wildman–Crippen MR) is 105 cm³/mol. The zero-order valence-corrected chi connectivity index (χ0v) is 16.7. The van der Waals surface area contributed by atoms with Crippen LogP contribution >= 0.6 is 0 Å². The van der Waals surface area contributed by atoms with E-state index in [1.807, 2.05) is 23.1 Å². The van der Waals surface area contributed by atoms with Gasteiger partial charge >= 0.3 is 0 Å². The lowest BCUT2D eigenvalue weighted by molar-refractivity contribution is -0.131. The Kier molecular flexibility index (Phi) is 6.73. The highest BCUT2D eigenvalue weighted by Gasteiger charge is 2.27. The molecule has 1 aromatic rings. The topological polar surface area (TPSA) is 70.2 Å². The molecule has 2 heterocycles. The number of carbonyl (C=O) groups is 1. The molecule has 0 N–H and O–H groups in total. The van der Waals surface area contributed by atoms with Gasteiger partial charge < -0.3 is 14.5 Å². The molecular weight excluding hydrogens is 366 g/mol. The minimum atomic E-state index is -3.35. The molecule has 150 valence electrons. The quantitative estimate of drug-likeness (QED) is 0.693. The Morgan fingerprint density at radius 2 is 1.89 bits per heavy atom. The Hall–Kier alpha value is -1.64. The smallest absolute Gasteiger partial charge is 0.224 e. The largest absolute Gasteiger partial charge is 0.377 e. The maximum atomic E-state index is 12.6. The summed E-state index contributed by atoms with van der Waals surface area (Å²) in [7, 11) is -3.35. The predicted octanol–water partition coefficient (Wildman–Crippen LogP) is 1.17. The number of rotatable bonds is 7. The Morgan fingerprint density at radius 3 is 2.48 bits per heavy atom. The zero-order chi connectivity index (χ0) is 19.3. The summed E-state index contributed by atoms with van der Waals surface area (Å²) in [6.07, 6.45) is 3.20. The van der Waals surface area contributed by atoms with Crippen LogP contribution in [0.4, 0.5) is 5.69 Å². The summed E-state index contributed by atoms with van der Waals surface area (Å²) in [5.41, 5.74) is 1.17. The molecule has 2 aliphatic heterocycles. The van der Waals surface area contributed by atoms with E-state index >= 15 is 0 Å². The summed E-state index contributed by atoms with van der Waals surface area (Å²) in [5.74, 6) is 0.0173. The molecule has 0 radical (unpaired) electrons. The van der Waals surface area contributed by atoms with Crippen molar-refractivity contribution in [2.45, 2.75) is 25.4 Å². The molecular formula is C19H29N3O4S. The fraction of sp³-hybridized carbons (Fsp3) is 0.632. The molecule has 3 rings (SSSR count). The molecule has 2 fully saturated rings. The Morgan fingerprint density at radius 1 is 1.19 bits per heavy atom. The number of piperazine rings is 1. The van der Waals surface area contributed by atoms with Gasteiger partial charge in [-0.2, -0.15) is 4.31 Å². The van der Waals surface area contributed by atoms with Gasteiger partial charge in [0.25, 0.3) is 0 Å². The standard InChI is InChI=1S/C19H29N3O4S/c1-27(24,25)22(16-18-8-5-15-26-18)10-9-19(23)21-13-11-20(12-14-21)17-6-3-2-4-7-17/h2-4,6-7,18H,5,8-16H2,1H3. The summed E-state index contributed by atoms with van der Waals surface area (Å²) in [6.45, 7) is 4.16. The second-order valence-corrected chi connectivity index (χ2v) is 9.19. The van der Waals surface area contributed by atoms with Crippen molar-refractivity contribution in [1.29, 1.82) is 0 Å². The Bertz CT molecular complexity index is 712. The van der Waals surface area contributed by atoms with Crippen LogP contribution < -0.4 is 4.90 Å². The molecule has 0 spiro atoms. The van der Waals surface area contributed by atoms with E-state index in [-0.39, 0.29) is 25.0 Å². The zero-order valence-electron chi connectivity index (χ0n) is 15.9. The highest BCUT2D eigenvalue weighted by Crippen LogP contribution is 2.17. The first-order chi connectivity index (χ1) is 12.9. The van der Waals surface area contributed by atoms with Gasteiger partial charge in [0.2, 0.25) is 15.9 Å². The second kappa shape index (κ2) is 9.03. The number of hydrogen-bond donors (Lipinski definition) is 0. The highest BCUT2D eigenvalue weighted by atomic mass is 32.2. The summed E-state index contributed by atoms with van der Waals surface area (Å²) >= 11 is 0. The van der Waals surface area contributed by atoms with E-state index < -0.39 is 10.0 Å². The van der Waals surface area contributed by atoms with Gasteiger partial charge in [0.1, 0.15) is 0 Å². The van der Waals surface area contributed by atoms with Crippen LogP contribution in [0, 0.1) is 0 Å². The van der Waals surface area contributed by atoms with Gasteiger partial charge in [-0.15, -0.1) is 0 Å². The monoisotopic (exact) mass is 395 g/mol. The van der Waals surface area contributed by atoms with E-state index in [9.17, 15) is 13.2 Å². The van der Waals surface area contributed by atoms with E-state index in [0.717, 1.165) is 25.9 Å². The van der Waals surface area contributed by atoms with Gasteiger partial charge in [-0.1, -0.05) is 18.2 Å². The van der Waals surface area contributed by atoms with Crippen molar-refractivity contribution in [2.24, 2.45) is 0 Å². The van der Waals surface area contributed by atoms with Gasteiger partial charge in [0, 0.05) is 58.0 Å². The lowest BCUT2D eigenvalue weighted by Gasteiger charge is -2.36. The van der Waals surface area contributed by atoms with Crippen molar-refractivity contribution >= 4 is 21.6 Å². The van der Waals surface area contributed by atoms with E-state index in [0.29, 0.717) is 26.2 Å². The molecule has 1 aromatic carbocycles. The first-order valence-electron chi connectivity index (χ1n) is 9.58. The van der Waals surface area contributed by atoms with Gasteiger partial charge in [0.15, 0.2) is 0 Å². The summed E-state index contributed by atoms with van der Waals surface area (Å²) < 4.78 is 31.0. The summed E-state index contributed by atoms with van der Waals surface area (Å²) in [4.78, 5) is 16.7. The Balaban J connectivity index is 1.48. The van der Waals surface area contributed by atoms with E-state index in [1.54, 1.807) is 0 Å². The number of ether oxygens (including phenoxy) is 1. The molecule has 27 heavy (non-hydrogen) atoms. The van der Waals surface area contributed by atoms with Crippen LogP contribution in [0.25, 0.3) is 0 Å². The third kappa shape index (κ3) is 5.67. The lowest BCUT2D eigenvalue weighted by Crippen LogP contribution is -2.49. The van der Waals surface area contributed by atoms with Crippen LogP contribution in [-0.2, 0) is 19.6 Å². The maximum Gasteiger partial charge on any atom is 0.224 e. The molecule has 2 saturated heterocycles. The van der Waals surface area contributed by atoms with E-state index in [1.165, 1.54) is 16.2 Å². The molecule has 7 nitrogen and oxygen atoms in total. The SMILES string of the molecule is CS(=O)(=O)N(CCC(=O)N1CCN(c2ccccc2)CC1)CC1CCCO1. The maximum absolute atomic E-state index is 12.6. The minimum Gasteiger partial charge on any atom is -0.377 e. The van der Waals surface area contributed by atoms with Crippen LogP contribution in [-0.4, -0.2) is 81.8 Å². The van der Waals surface area contributed by atoms with E-state index in [2.05, 4.69) is 17.0 Å². The minimum absolute atomic E-state index is 0.0173. The fourth-order valence-electron chi connectivity index (χ4n) is 3.64. The average Bonchev–Trinajstić information content (AvgIpc) is 3.18. The number of benzene rings is 1. The van der Waals surface area contributed by atoms with Crippen molar-refractivity contribution in [3.63, 3.8) is 0 Å². The van der Waals surface area contributed by atoms with Crippen LogP contribution in [0.2, 0.25) is 0 Å². The van der Waals surface area contributed by atoms with Crippen molar-refractivity contribution in [2.75, 3.05) is 57.0 Å². The third-order valence-corrected chi connectivity index (χ3v) is 6.50. The number of carbonyl (C=O) groups excluding carboxylic acids is 1. The van der Waals surface area contributed by atoms with Crippen LogP contribution in [0.15, 0.2) is 30.3 Å². The first kappa shape index (κ1) is 20.1. The molecule has 1 amide bonds. The fourth-order valence-corrected chi connectivity index (χ4v) is 4.50. The van der Waals surface area contributed by atoms with E-state index in [4.69, 9.17) is 4.74 Å². The summed E-state index contributed by atoms with van der Waals surface area (Å²) in [5, 5.41) is 0. The highest BCUT2D eigenvalue weighted by molar-refractivity contribution is 7.88. The van der Waals surface area contributed by atoms with Crippen molar-refractivity contribution in [1.82, 2.24) is 9.21 Å². The first-order valence-corrected chi connectivity index (χ1v) is 11.4. The van der Waals surface area contributed by atoms with Crippen molar-refractivity contribution in [3.8, 4) is 0 Å². The van der Waals surface area contributed by atoms with Crippen LogP contribution in [0.1, 0.15) is 19.3 Å². The molecule has 0 saturated carbocycles. The number of para-hydroxylation sites is 1. The average molecular weight is 396 g/mol. The molecule has 2 aliphatic rings. The van der Waals surface area contributed by atoms with Crippen molar-refractivity contribution in [3.05, 3.63) is 30.3 Å². The Labute approximate surface area is 161 Å². The molecule has 1 atom stereocenters. The number of amides is 1. The normalized spacial score (nSPS) is 21.0. The molecule has 0 bridgehead atoms. The molecule has 8 heteroatoms. The second-order valence-electron chi connectivity index (χ2n) is 7.21. The number of anilines is 1. The van der Waals surface area contributed by atoms with Gasteiger partial charge in [0.05, 0.1) is 12.4 Å².